The average Bonchev–Trinajstić information content (AvgIpc) is 2.78. The maximum absolute atomic E-state index is 12.9. The number of nitrogens with zero attached hydrogens (tertiary/aromatic N) is 1. The zero-order chi connectivity index (χ0) is 21.5. The number of carbonyl (C=O) groups excluding carboxylic acids is 3. The molecule has 0 radical (unpaired) electrons. The molecule has 2 N–H and O–H groups in total. The van der Waals surface area contributed by atoms with Crippen LogP contribution in [0.25, 0.3) is 0 Å². The number of anilines is 1. The van der Waals surface area contributed by atoms with E-state index in [0.717, 1.165) is 12.8 Å². The highest BCUT2D eigenvalue weighted by Gasteiger charge is 2.25. The molecule has 6 nitrogen and oxygen atoms in total. The van der Waals surface area contributed by atoms with Crippen molar-refractivity contribution in [3.8, 4) is 0 Å². The Morgan fingerprint density at radius 3 is 2.47 bits per heavy atom. The van der Waals surface area contributed by atoms with E-state index in [9.17, 15) is 14.4 Å². The smallest absolute Gasteiger partial charge is 0.321 e. The van der Waals surface area contributed by atoms with Crippen LogP contribution in [-0.2, 0) is 4.79 Å². The van der Waals surface area contributed by atoms with E-state index in [2.05, 4.69) is 10.6 Å². The van der Waals surface area contributed by atoms with Crippen LogP contribution in [-0.4, -0.2) is 42.3 Å². The van der Waals surface area contributed by atoms with Crippen LogP contribution in [0.2, 0.25) is 0 Å². The van der Waals surface area contributed by atoms with Gasteiger partial charge in [0, 0.05) is 36.7 Å². The van der Waals surface area contributed by atoms with Gasteiger partial charge in [-0.1, -0.05) is 56.3 Å². The van der Waals surface area contributed by atoms with Crippen molar-refractivity contribution in [2.75, 3.05) is 25.0 Å². The fourth-order valence-corrected chi connectivity index (χ4v) is 3.59. The zero-order valence-corrected chi connectivity index (χ0v) is 17.6. The second-order valence-electron chi connectivity index (χ2n) is 8.03. The van der Waals surface area contributed by atoms with Gasteiger partial charge in [-0.15, -0.1) is 0 Å². The van der Waals surface area contributed by atoms with Crippen LogP contribution in [0.15, 0.2) is 54.6 Å². The summed E-state index contributed by atoms with van der Waals surface area (Å²) in [4.78, 5) is 39.4. The van der Waals surface area contributed by atoms with E-state index in [-0.39, 0.29) is 29.6 Å². The Labute approximate surface area is 177 Å². The molecule has 1 aliphatic heterocycles. The van der Waals surface area contributed by atoms with Gasteiger partial charge in [0.25, 0.3) is 0 Å². The summed E-state index contributed by atoms with van der Waals surface area (Å²) in [7, 11) is 0. The minimum Gasteiger partial charge on any atom is -0.356 e. The predicted molar refractivity (Wildman–Crippen MR) is 117 cm³/mol. The Morgan fingerprint density at radius 2 is 1.73 bits per heavy atom. The van der Waals surface area contributed by atoms with Gasteiger partial charge in [0.2, 0.25) is 5.91 Å². The monoisotopic (exact) mass is 407 g/mol. The molecular formula is C24H29N3O3. The molecule has 30 heavy (non-hydrogen) atoms. The van der Waals surface area contributed by atoms with Crippen LogP contribution in [0.4, 0.5) is 10.5 Å². The Hall–Kier alpha value is -3.15. The van der Waals surface area contributed by atoms with Crippen molar-refractivity contribution in [3.05, 3.63) is 65.7 Å². The molecule has 0 spiro atoms. The van der Waals surface area contributed by atoms with Crippen molar-refractivity contribution in [1.82, 2.24) is 10.2 Å². The van der Waals surface area contributed by atoms with E-state index >= 15 is 0 Å². The lowest BCUT2D eigenvalue weighted by atomic mass is 9.98. The second-order valence-corrected chi connectivity index (χ2v) is 8.03. The molecule has 3 rings (SSSR count). The summed E-state index contributed by atoms with van der Waals surface area (Å²) in [5.41, 5.74) is 1.56. The first kappa shape index (κ1) is 21.6. The highest BCUT2D eigenvalue weighted by Crippen LogP contribution is 2.22. The third-order valence-corrected chi connectivity index (χ3v) is 5.34. The summed E-state index contributed by atoms with van der Waals surface area (Å²) in [6, 6.07) is 15.9. The number of nitrogens with one attached hydrogen (secondary N) is 2. The van der Waals surface area contributed by atoms with E-state index in [1.807, 2.05) is 32.0 Å². The van der Waals surface area contributed by atoms with Gasteiger partial charge >= 0.3 is 6.03 Å². The fraction of sp³-hybridized carbons (Fsp3) is 0.375. The lowest BCUT2D eigenvalue weighted by Crippen LogP contribution is -2.45. The maximum Gasteiger partial charge on any atom is 0.321 e. The molecule has 0 unspecified atom stereocenters. The molecule has 1 heterocycles. The number of rotatable bonds is 6. The number of likely N-dealkylation sites (tertiary alicyclic amines) is 1. The van der Waals surface area contributed by atoms with Gasteiger partial charge in [-0.05, 0) is 30.9 Å². The molecule has 1 saturated heterocycles. The quantitative estimate of drug-likeness (QED) is 0.712. The van der Waals surface area contributed by atoms with Crippen molar-refractivity contribution in [2.24, 2.45) is 11.8 Å². The lowest BCUT2D eigenvalue weighted by Gasteiger charge is -2.33. The van der Waals surface area contributed by atoms with Crippen LogP contribution in [0.1, 0.15) is 42.6 Å². The summed E-state index contributed by atoms with van der Waals surface area (Å²) in [5.74, 6) is 0.0874. The van der Waals surface area contributed by atoms with Gasteiger partial charge in [-0.3, -0.25) is 9.59 Å². The van der Waals surface area contributed by atoms with Crippen LogP contribution in [0.3, 0.4) is 0 Å². The SMILES string of the molecule is CC(C)C(=O)NC[C@@H]1CCCN(C(=O)Nc2ccccc2C(=O)c2ccccc2)C1. The van der Waals surface area contributed by atoms with Gasteiger partial charge in [-0.2, -0.15) is 0 Å². The van der Waals surface area contributed by atoms with Gasteiger partial charge in [0.1, 0.15) is 0 Å². The molecule has 1 fully saturated rings. The number of benzene rings is 2. The summed E-state index contributed by atoms with van der Waals surface area (Å²) in [5, 5.41) is 5.87. The largest absolute Gasteiger partial charge is 0.356 e. The van der Waals surface area contributed by atoms with Crippen molar-refractivity contribution in [1.29, 1.82) is 0 Å². The number of piperidine rings is 1. The van der Waals surface area contributed by atoms with Crippen molar-refractivity contribution in [3.63, 3.8) is 0 Å². The predicted octanol–water partition coefficient (Wildman–Crippen LogP) is 3.93. The van der Waals surface area contributed by atoms with Crippen LogP contribution < -0.4 is 10.6 Å². The molecule has 1 atom stereocenters. The van der Waals surface area contributed by atoms with Gasteiger partial charge < -0.3 is 15.5 Å². The highest BCUT2D eigenvalue weighted by molar-refractivity contribution is 6.13. The molecule has 0 saturated carbocycles. The number of para-hydroxylation sites is 1. The Bertz CT molecular complexity index is 896. The van der Waals surface area contributed by atoms with Crippen LogP contribution >= 0.6 is 0 Å². The third-order valence-electron chi connectivity index (χ3n) is 5.34. The van der Waals surface area contributed by atoms with Crippen LogP contribution in [0, 0.1) is 11.8 Å². The summed E-state index contributed by atoms with van der Waals surface area (Å²) >= 11 is 0. The van der Waals surface area contributed by atoms with E-state index in [1.54, 1.807) is 41.3 Å². The average molecular weight is 408 g/mol. The zero-order valence-electron chi connectivity index (χ0n) is 17.6. The summed E-state index contributed by atoms with van der Waals surface area (Å²) in [6.07, 6.45) is 1.87. The first-order valence-electron chi connectivity index (χ1n) is 10.5. The van der Waals surface area contributed by atoms with Gasteiger partial charge in [0.15, 0.2) is 5.78 Å². The maximum atomic E-state index is 12.9. The number of carbonyl (C=O) groups is 3. The molecule has 2 aromatic carbocycles. The Morgan fingerprint density at radius 1 is 1.03 bits per heavy atom. The molecule has 0 bridgehead atoms. The van der Waals surface area contributed by atoms with Gasteiger partial charge in [0.05, 0.1) is 5.69 Å². The molecule has 2 aromatic rings. The van der Waals surface area contributed by atoms with E-state index in [1.165, 1.54) is 0 Å². The minimum atomic E-state index is -0.219. The topological polar surface area (TPSA) is 78.5 Å². The first-order valence-corrected chi connectivity index (χ1v) is 10.5. The fourth-order valence-electron chi connectivity index (χ4n) is 3.59. The number of ketones is 1. The normalized spacial score (nSPS) is 16.2. The van der Waals surface area contributed by atoms with Crippen molar-refractivity contribution in [2.45, 2.75) is 26.7 Å². The number of amides is 3. The first-order chi connectivity index (χ1) is 14.5. The van der Waals surface area contributed by atoms with Crippen molar-refractivity contribution >= 4 is 23.4 Å². The number of hydrogen-bond donors (Lipinski definition) is 2. The van der Waals surface area contributed by atoms with E-state index < -0.39 is 0 Å². The highest BCUT2D eigenvalue weighted by atomic mass is 16.2. The number of urea groups is 1. The summed E-state index contributed by atoms with van der Waals surface area (Å²) in [6.45, 7) is 5.55. The molecule has 0 aliphatic carbocycles. The van der Waals surface area contributed by atoms with E-state index in [0.29, 0.717) is 36.4 Å². The molecule has 6 heteroatoms. The molecule has 158 valence electrons. The lowest BCUT2D eigenvalue weighted by molar-refractivity contribution is -0.124. The minimum absolute atomic E-state index is 0.0323. The Kier molecular flexibility index (Phi) is 7.22. The third kappa shape index (κ3) is 5.47. The van der Waals surface area contributed by atoms with Crippen LogP contribution in [0.5, 0.6) is 0 Å². The second kappa shape index (κ2) is 10.1. The van der Waals surface area contributed by atoms with E-state index in [4.69, 9.17) is 0 Å². The summed E-state index contributed by atoms with van der Waals surface area (Å²) < 4.78 is 0. The standard InChI is InChI=1S/C24H29N3O3/c1-17(2)23(29)25-15-18-9-8-14-27(16-18)24(30)26-21-13-7-6-12-20(21)22(28)19-10-4-3-5-11-19/h3-7,10-13,17-18H,8-9,14-16H2,1-2H3,(H,25,29)(H,26,30)/t18-/m0/s1. The molecule has 0 aromatic heterocycles. The molecule has 1 aliphatic rings. The van der Waals surface area contributed by atoms with Crippen molar-refractivity contribution < 1.29 is 14.4 Å². The van der Waals surface area contributed by atoms with Gasteiger partial charge in [-0.25, -0.2) is 4.79 Å². The Balaban J connectivity index is 1.65. The number of hydrogen-bond acceptors (Lipinski definition) is 3. The molecular weight excluding hydrogens is 378 g/mol. The molecule has 3 amide bonds.